The Bertz CT molecular complexity index is 340. The minimum Gasteiger partial charge on any atom is -0.460 e. The standard InChI is InChI=1S/C12H17NO4/c13-11(15)10(6-7-14)12(16)17-8-9-4-2-1-3-5-9/h1-5,10-11,14-15H,6-8,13H2/t10-,11+/m1/s1. The lowest BCUT2D eigenvalue weighted by Crippen LogP contribution is -2.36. The molecule has 17 heavy (non-hydrogen) atoms. The average molecular weight is 239 g/mol. The van der Waals surface area contributed by atoms with Crippen LogP contribution in [0.4, 0.5) is 0 Å². The first-order valence-electron chi connectivity index (χ1n) is 5.40. The number of hydrogen-bond donors (Lipinski definition) is 3. The molecule has 0 saturated heterocycles. The molecular weight excluding hydrogens is 222 g/mol. The monoisotopic (exact) mass is 239 g/mol. The summed E-state index contributed by atoms with van der Waals surface area (Å²) in [7, 11) is 0. The lowest BCUT2D eigenvalue weighted by atomic mass is 10.1. The summed E-state index contributed by atoms with van der Waals surface area (Å²) >= 11 is 0. The van der Waals surface area contributed by atoms with E-state index in [0.29, 0.717) is 0 Å². The lowest BCUT2D eigenvalue weighted by molar-refractivity contribution is -0.154. The van der Waals surface area contributed by atoms with Crippen molar-refractivity contribution in [2.24, 2.45) is 11.7 Å². The van der Waals surface area contributed by atoms with Gasteiger partial charge in [0.15, 0.2) is 0 Å². The molecule has 5 heteroatoms. The normalized spacial score (nSPS) is 14.1. The maximum atomic E-state index is 11.6. The Kier molecular flexibility index (Phi) is 5.62. The highest BCUT2D eigenvalue weighted by atomic mass is 16.5. The molecule has 1 aromatic rings. The molecule has 5 nitrogen and oxygen atoms in total. The van der Waals surface area contributed by atoms with Crippen LogP contribution < -0.4 is 5.73 Å². The van der Waals surface area contributed by atoms with Crippen LogP contribution in [0.5, 0.6) is 0 Å². The van der Waals surface area contributed by atoms with Crippen molar-refractivity contribution in [1.29, 1.82) is 0 Å². The van der Waals surface area contributed by atoms with Crippen LogP contribution in [0.1, 0.15) is 12.0 Å². The third-order valence-corrected chi connectivity index (χ3v) is 2.38. The van der Waals surface area contributed by atoms with E-state index in [1.807, 2.05) is 30.3 Å². The van der Waals surface area contributed by atoms with Gasteiger partial charge in [-0.05, 0) is 12.0 Å². The average Bonchev–Trinajstić information content (AvgIpc) is 2.34. The summed E-state index contributed by atoms with van der Waals surface area (Å²) in [5, 5.41) is 17.9. The van der Waals surface area contributed by atoms with Crippen LogP contribution in [0.2, 0.25) is 0 Å². The summed E-state index contributed by atoms with van der Waals surface area (Å²) in [5.41, 5.74) is 6.09. The number of aliphatic hydroxyl groups is 2. The zero-order valence-electron chi connectivity index (χ0n) is 9.45. The van der Waals surface area contributed by atoms with Gasteiger partial charge in [0, 0.05) is 6.61 Å². The molecule has 0 bridgehead atoms. The Morgan fingerprint density at radius 1 is 1.35 bits per heavy atom. The summed E-state index contributed by atoms with van der Waals surface area (Å²) in [6.07, 6.45) is -1.23. The van der Waals surface area contributed by atoms with Crippen LogP contribution in [0.15, 0.2) is 30.3 Å². The topological polar surface area (TPSA) is 92.8 Å². The number of carbonyl (C=O) groups is 1. The van der Waals surface area contributed by atoms with Gasteiger partial charge in [-0.3, -0.25) is 4.79 Å². The van der Waals surface area contributed by atoms with Crippen molar-refractivity contribution in [2.45, 2.75) is 19.3 Å². The highest BCUT2D eigenvalue weighted by Crippen LogP contribution is 2.10. The zero-order valence-corrected chi connectivity index (χ0v) is 9.45. The van der Waals surface area contributed by atoms with Gasteiger partial charge in [0.25, 0.3) is 0 Å². The van der Waals surface area contributed by atoms with Crippen molar-refractivity contribution < 1.29 is 19.7 Å². The summed E-state index contributed by atoms with van der Waals surface area (Å²) in [4.78, 5) is 11.6. The van der Waals surface area contributed by atoms with E-state index in [2.05, 4.69) is 0 Å². The molecule has 0 fully saturated rings. The summed E-state index contributed by atoms with van der Waals surface area (Å²) in [6, 6.07) is 9.20. The largest absolute Gasteiger partial charge is 0.460 e. The van der Waals surface area contributed by atoms with Crippen LogP contribution in [0.25, 0.3) is 0 Å². The van der Waals surface area contributed by atoms with Crippen LogP contribution in [0, 0.1) is 5.92 Å². The van der Waals surface area contributed by atoms with Gasteiger partial charge in [0.1, 0.15) is 12.8 Å². The molecule has 0 aromatic heterocycles. The van der Waals surface area contributed by atoms with Gasteiger partial charge in [0.2, 0.25) is 0 Å². The maximum absolute atomic E-state index is 11.6. The first-order valence-corrected chi connectivity index (χ1v) is 5.40. The number of rotatable bonds is 6. The van der Waals surface area contributed by atoms with E-state index in [-0.39, 0.29) is 19.6 Å². The van der Waals surface area contributed by atoms with Gasteiger partial charge in [0.05, 0.1) is 5.92 Å². The lowest BCUT2D eigenvalue weighted by Gasteiger charge is -2.17. The molecule has 0 heterocycles. The summed E-state index contributed by atoms with van der Waals surface area (Å²) in [5.74, 6) is -1.48. The number of nitrogens with two attached hydrogens (primary N) is 1. The van der Waals surface area contributed by atoms with E-state index in [0.717, 1.165) is 5.56 Å². The van der Waals surface area contributed by atoms with Crippen LogP contribution in [0.3, 0.4) is 0 Å². The first kappa shape index (κ1) is 13.6. The predicted octanol–water partition coefficient (Wildman–Crippen LogP) is 0.00550. The number of benzene rings is 1. The van der Waals surface area contributed by atoms with Gasteiger partial charge in [-0.2, -0.15) is 0 Å². The molecule has 0 aliphatic heterocycles. The first-order chi connectivity index (χ1) is 8.15. The van der Waals surface area contributed by atoms with Crippen molar-refractivity contribution in [1.82, 2.24) is 0 Å². The maximum Gasteiger partial charge on any atom is 0.313 e. The van der Waals surface area contributed by atoms with Crippen molar-refractivity contribution in [2.75, 3.05) is 6.61 Å². The third-order valence-electron chi connectivity index (χ3n) is 2.38. The second-order valence-corrected chi connectivity index (χ2v) is 3.70. The molecule has 0 saturated carbocycles. The van der Waals surface area contributed by atoms with Gasteiger partial charge >= 0.3 is 5.97 Å². The number of hydrogen-bond acceptors (Lipinski definition) is 5. The Morgan fingerprint density at radius 2 is 2.00 bits per heavy atom. The van der Waals surface area contributed by atoms with E-state index in [1.165, 1.54) is 0 Å². The van der Waals surface area contributed by atoms with Gasteiger partial charge in [-0.1, -0.05) is 30.3 Å². The Hall–Kier alpha value is -1.43. The van der Waals surface area contributed by atoms with Crippen LogP contribution >= 0.6 is 0 Å². The van der Waals surface area contributed by atoms with Crippen LogP contribution in [-0.4, -0.2) is 29.0 Å². The Labute approximate surface area is 99.8 Å². The molecular formula is C12H17NO4. The summed E-state index contributed by atoms with van der Waals surface area (Å²) in [6.45, 7) is -0.0896. The molecule has 4 N–H and O–H groups in total. The molecule has 0 unspecified atom stereocenters. The second-order valence-electron chi connectivity index (χ2n) is 3.70. The number of ether oxygens (including phenoxy) is 1. The van der Waals surface area contributed by atoms with Crippen molar-refractivity contribution >= 4 is 5.97 Å². The van der Waals surface area contributed by atoms with Gasteiger partial charge in [-0.15, -0.1) is 0 Å². The Morgan fingerprint density at radius 3 is 2.53 bits per heavy atom. The predicted molar refractivity (Wildman–Crippen MR) is 61.6 cm³/mol. The Balaban J connectivity index is 2.47. The van der Waals surface area contributed by atoms with Crippen molar-refractivity contribution in [3.05, 3.63) is 35.9 Å². The van der Waals surface area contributed by atoms with E-state index in [1.54, 1.807) is 0 Å². The number of carbonyl (C=O) groups excluding carboxylic acids is 1. The quantitative estimate of drug-likeness (QED) is 0.480. The zero-order chi connectivity index (χ0) is 12.7. The van der Waals surface area contributed by atoms with E-state index in [4.69, 9.17) is 15.6 Å². The minimum atomic E-state index is -1.31. The highest BCUT2D eigenvalue weighted by molar-refractivity contribution is 5.73. The fourth-order valence-corrected chi connectivity index (χ4v) is 1.40. The number of aliphatic hydroxyl groups excluding tert-OH is 2. The van der Waals surface area contributed by atoms with Crippen molar-refractivity contribution in [3.8, 4) is 0 Å². The fourth-order valence-electron chi connectivity index (χ4n) is 1.40. The number of esters is 1. The highest BCUT2D eigenvalue weighted by Gasteiger charge is 2.25. The molecule has 94 valence electrons. The van der Waals surface area contributed by atoms with Crippen LogP contribution in [-0.2, 0) is 16.1 Å². The van der Waals surface area contributed by atoms with Crippen molar-refractivity contribution in [3.63, 3.8) is 0 Å². The van der Waals surface area contributed by atoms with E-state index < -0.39 is 18.1 Å². The minimum absolute atomic E-state index is 0.0886. The molecule has 2 atom stereocenters. The molecule has 0 radical (unpaired) electrons. The summed E-state index contributed by atoms with van der Waals surface area (Å²) < 4.78 is 5.01. The third kappa shape index (κ3) is 4.52. The van der Waals surface area contributed by atoms with E-state index >= 15 is 0 Å². The SMILES string of the molecule is N[C@@H](O)[C@@H](CCO)C(=O)OCc1ccccc1. The van der Waals surface area contributed by atoms with Gasteiger partial charge < -0.3 is 20.7 Å². The molecule has 0 amide bonds. The second kappa shape index (κ2) is 7.01. The molecule has 0 aliphatic carbocycles. The smallest absolute Gasteiger partial charge is 0.313 e. The van der Waals surface area contributed by atoms with Gasteiger partial charge in [-0.25, -0.2) is 0 Å². The fraction of sp³-hybridized carbons (Fsp3) is 0.417. The molecule has 0 aliphatic rings. The molecule has 0 spiro atoms. The molecule has 1 rings (SSSR count). The van der Waals surface area contributed by atoms with E-state index in [9.17, 15) is 9.90 Å². The molecule has 1 aromatic carbocycles.